The molecule has 1 rings (SSSR count). The fourth-order valence-corrected chi connectivity index (χ4v) is 0.742. The number of hydrogen-bond donors (Lipinski definition) is 1. The molecular formula is C3H5N3S. The average molecular weight is 115 g/mol. The molecule has 0 spiro atoms. The van der Waals surface area contributed by atoms with Crippen LogP contribution in [0.1, 0.15) is 5.82 Å². The van der Waals surface area contributed by atoms with E-state index in [9.17, 15) is 0 Å². The number of hydrogen-bond acceptors (Lipinski definition) is 4. The summed E-state index contributed by atoms with van der Waals surface area (Å²) < 4.78 is 3.84. The Hall–Kier alpha value is -0.480. The Kier molecular flexibility index (Phi) is 1.33. The second-order valence-corrected chi connectivity index (χ2v) is 1.66. The van der Waals surface area contributed by atoms with Gasteiger partial charge in [-0.25, -0.2) is 4.98 Å². The number of nitrogens with two attached hydrogens (primary N) is 1. The van der Waals surface area contributed by atoms with Crippen LogP contribution in [0.3, 0.4) is 0 Å². The maximum absolute atomic E-state index is 5.18. The van der Waals surface area contributed by atoms with Crippen molar-refractivity contribution >= 4 is 11.5 Å². The Labute approximate surface area is 45.4 Å². The second kappa shape index (κ2) is 1.99. The molecule has 0 atom stereocenters. The Bertz CT molecular complexity index is 125. The molecule has 3 nitrogen and oxygen atoms in total. The summed E-state index contributed by atoms with van der Waals surface area (Å²) in [5.74, 6) is 0.727. The molecule has 1 aromatic rings. The normalized spacial score (nSPS) is 9.29. The summed E-state index contributed by atoms with van der Waals surface area (Å²) in [7, 11) is 0. The zero-order valence-corrected chi connectivity index (χ0v) is 4.48. The minimum atomic E-state index is 0.448. The molecule has 0 aliphatic carbocycles. The van der Waals surface area contributed by atoms with E-state index in [0.29, 0.717) is 6.54 Å². The van der Waals surface area contributed by atoms with Gasteiger partial charge in [0.2, 0.25) is 0 Å². The summed E-state index contributed by atoms with van der Waals surface area (Å²) in [5, 5.41) is 0. The van der Waals surface area contributed by atoms with Gasteiger partial charge in [0.1, 0.15) is 5.51 Å². The molecule has 0 unspecified atom stereocenters. The topological polar surface area (TPSA) is 51.8 Å². The van der Waals surface area contributed by atoms with Crippen LogP contribution in [0.25, 0.3) is 0 Å². The van der Waals surface area contributed by atoms with Crippen molar-refractivity contribution in [1.29, 1.82) is 0 Å². The third kappa shape index (κ3) is 0.942. The Morgan fingerprint density at radius 3 is 3.00 bits per heavy atom. The highest BCUT2D eigenvalue weighted by atomic mass is 32.1. The van der Waals surface area contributed by atoms with Gasteiger partial charge >= 0.3 is 0 Å². The van der Waals surface area contributed by atoms with Crippen LogP contribution in [0.2, 0.25) is 0 Å². The predicted molar refractivity (Wildman–Crippen MR) is 27.8 cm³/mol. The minimum absolute atomic E-state index is 0.448. The zero-order valence-electron chi connectivity index (χ0n) is 3.66. The van der Waals surface area contributed by atoms with E-state index in [0.717, 1.165) is 5.82 Å². The number of aromatic nitrogens is 2. The fraction of sp³-hybridized carbons (Fsp3) is 0.333. The quantitative estimate of drug-likeness (QED) is 0.560. The van der Waals surface area contributed by atoms with Gasteiger partial charge in [0.05, 0.1) is 6.54 Å². The van der Waals surface area contributed by atoms with Crippen LogP contribution in [0, 0.1) is 0 Å². The number of nitrogens with zero attached hydrogens (tertiary/aromatic N) is 2. The average Bonchev–Trinajstić information content (AvgIpc) is 2.14. The first-order valence-corrected chi connectivity index (χ1v) is 2.72. The SMILES string of the molecule is NCc1ncsn1. The van der Waals surface area contributed by atoms with Crippen LogP contribution in [0.5, 0.6) is 0 Å². The van der Waals surface area contributed by atoms with Gasteiger partial charge < -0.3 is 5.73 Å². The van der Waals surface area contributed by atoms with Crippen molar-refractivity contribution in [1.82, 2.24) is 9.36 Å². The van der Waals surface area contributed by atoms with Crippen molar-refractivity contribution in [2.24, 2.45) is 5.73 Å². The van der Waals surface area contributed by atoms with Crippen molar-refractivity contribution < 1.29 is 0 Å². The Morgan fingerprint density at radius 1 is 1.86 bits per heavy atom. The van der Waals surface area contributed by atoms with Crippen LogP contribution < -0.4 is 5.73 Å². The highest BCUT2D eigenvalue weighted by molar-refractivity contribution is 7.03. The highest BCUT2D eigenvalue weighted by Gasteiger charge is 1.86. The molecule has 0 saturated heterocycles. The first kappa shape index (κ1) is 4.67. The molecule has 0 aliphatic heterocycles. The maximum atomic E-state index is 5.18. The molecule has 0 fully saturated rings. The number of rotatable bonds is 1. The molecule has 0 amide bonds. The zero-order chi connectivity index (χ0) is 5.11. The smallest absolute Gasteiger partial charge is 0.155 e. The monoisotopic (exact) mass is 115 g/mol. The van der Waals surface area contributed by atoms with Gasteiger partial charge in [-0.2, -0.15) is 4.37 Å². The van der Waals surface area contributed by atoms with Crippen LogP contribution in [0.15, 0.2) is 5.51 Å². The Morgan fingerprint density at radius 2 is 2.71 bits per heavy atom. The molecule has 0 aliphatic rings. The third-order valence-electron chi connectivity index (χ3n) is 0.590. The van der Waals surface area contributed by atoms with E-state index in [1.807, 2.05) is 0 Å². The minimum Gasteiger partial charge on any atom is -0.324 e. The van der Waals surface area contributed by atoms with E-state index in [1.54, 1.807) is 5.51 Å². The van der Waals surface area contributed by atoms with Gasteiger partial charge in [-0.1, -0.05) is 0 Å². The van der Waals surface area contributed by atoms with Crippen LogP contribution >= 0.6 is 11.5 Å². The molecule has 1 aromatic heterocycles. The van der Waals surface area contributed by atoms with Gasteiger partial charge in [0, 0.05) is 0 Å². The van der Waals surface area contributed by atoms with Crippen molar-refractivity contribution in [2.45, 2.75) is 6.54 Å². The summed E-state index contributed by atoms with van der Waals surface area (Å²) >= 11 is 1.32. The highest BCUT2D eigenvalue weighted by Crippen LogP contribution is 1.89. The molecule has 7 heavy (non-hydrogen) atoms. The molecule has 2 N–H and O–H groups in total. The van der Waals surface area contributed by atoms with Crippen LogP contribution in [-0.2, 0) is 6.54 Å². The van der Waals surface area contributed by atoms with Crippen molar-refractivity contribution in [3.63, 3.8) is 0 Å². The molecule has 4 heteroatoms. The molecule has 38 valence electrons. The van der Waals surface area contributed by atoms with Crippen LogP contribution in [-0.4, -0.2) is 9.36 Å². The van der Waals surface area contributed by atoms with Crippen molar-refractivity contribution in [2.75, 3.05) is 0 Å². The Balaban J connectivity index is 2.76. The molecule has 1 heterocycles. The lowest BCUT2D eigenvalue weighted by Gasteiger charge is -1.76. The molecule has 0 aromatic carbocycles. The largest absolute Gasteiger partial charge is 0.324 e. The lowest BCUT2D eigenvalue weighted by atomic mass is 10.6. The van der Waals surface area contributed by atoms with Crippen molar-refractivity contribution in [3.8, 4) is 0 Å². The summed E-state index contributed by atoms with van der Waals surface area (Å²) in [6.07, 6.45) is 0. The van der Waals surface area contributed by atoms with Crippen molar-refractivity contribution in [3.05, 3.63) is 11.3 Å². The van der Waals surface area contributed by atoms with Gasteiger partial charge in [-0.05, 0) is 11.5 Å². The lowest BCUT2D eigenvalue weighted by Crippen LogP contribution is -1.96. The predicted octanol–water partition coefficient (Wildman–Crippen LogP) is -0.00320. The third-order valence-corrected chi connectivity index (χ3v) is 1.11. The molecular weight excluding hydrogens is 110 g/mol. The molecule has 0 bridgehead atoms. The van der Waals surface area contributed by atoms with E-state index < -0.39 is 0 Å². The first-order chi connectivity index (χ1) is 3.43. The van der Waals surface area contributed by atoms with Crippen LogP contribution in [0.4, 0.5) is 0 Å². The van der Waals surface area contributed by atoms with E-state index in [1.165, 1.54) is 11.5 Å². The van der Waals surface area contributed by atoms with Gasteiger partial charge in [-0.15, -0.1) is 0 Å². The van der Waals surface area contributed by atoms with E-state index in [2.05, 4.69) is 9.36 Å². The second-order valence-electron chi connectivity index (χ2n) is 1.05. The maximum Gasteiger partial charge on any atom is 0.155 e. The van der Waals surface area contributed by atoms with Gasteiger partial charge in [0.25, 0.3) is 0 Å². The van der Waals surface area contributed by atoms with Gasteiger partial charge in [-0.3, -0.25) is 0 Å². The van der Waals surface area contributed by atoms with Gasteiger partial charge in [0.15, 0.2) is 5.82 Å². The summed E-state index contributed by atoms with van der Waals surface area (Å²) in [5.41, 5.74) is 6.84. The van der Waals surface area contributed by atoms with E-state index >= 15 is 0 Å². The fourth-order valence-electron chi connectivity index (χ4n) is 0.282. The van der Waals surface area contributed by atoms with E-state index in [-0.39, 0.29) is 0 Å². The van der Waals surface area contributed by atoms with E-state index in [4.69, 9.17) is 5.73 Å². The first-order valence-electron chi connectivity index (χ1n) is 1.89. The lowest BCUT2D eigenvalue weighted by molar-refractivity contribution is 0.958. The standard InChI is InChI=1S/C3H5N3S/c4-1-3-5-2-7-6-3/h2H,1,4H2. The summed E-state index contributed by atoms with van der Waals surface area (Å²) in [4.78, 5) is 3.82. The summed E-state index contributed by atoms with van der Waals surface area (Å²) in [6.45, 7) is 0.448. The molecule has 0 saturated carbocycles. The molecule has 0 radical (unpaired) electrons. The summed E-state index contributed by atoms with van der Waals surface area (Å²) in [6, 6.07) is 0.